The van der Waals surface area contributed by atoms with Gasteiger partial charge in [0.25, 0.3) is 0 Å². The van der Waals surface area contributed by atoms with E-state index in [1.807, 2.05) is 13.1 Å². The fourth-order valence-corrected chi connectivity index (χ4v) is 3.38. The molecule has 2 heteroatoms. The lowest BCUT2D eigenvalue weighted by atomic mass is 9.74. The van der Waals surface area contributed by atoms with Gasteiger partial charge in [-0.3, -0.25) is 0 Å². The maximum absolute atomic E-state index is 13.4. The van der Waals surface area contributed by atoms with Crippen molar-refractivity contribution in [1.82, 2.24) is 5.32 Å². The number of rotatable bonds is 3. The molecule has 2 aliphatic rings. The van der Waals surface area contributed by atoms with Crippen LogP contribution in [0.1, 0.15) is 48.6 Å². The van der Waals surface area contributed by atoms with Crippen LogP contribution in [0.15, 0.2) is 18.2 Å². The van der Waals surface area contributed by atoms with Crippen molar-refractivity contribution in [2.24, 2.45) is 5.92 Å². The number of hydrogen-bond donors (Lipinski definition) is 1. The average Bonchev–Trinajstić information content (AvgIpc) is 3.13. The van der Waals surface area contributed by atoms with E-state index >= 15 is 0 Å². The van der Waals surface area contributed by atoms with E-state index in [2.05, 4.69) is 5.32 Å². The van der Waals surface area contributed by atoms with E-state index in [1.54, 1.807) is 12.1 Å². The highest BCUT2D eigenvalue weighted by molar-refractivity contribution is 5.37. The first-order chi connectivity index (χ1) is 8.29. The molecular formula is C15H20FN. The number of hydrogen-bond acceptors (Lipinski definition) is 1. The van der Waals surface area contributed by atoms with Crippen molar-refractivity contribution in [2.75, 3.05) is 13.6 Å². The molecule has 17 heavy (non-hydrogen) atoms. The van der Waals surface area contributed by atoms with Crippen LogP contribution < -0.4 is 5.32 Å². The van der Waals surface area contributed by atoms with Crippen molar-refractivity contribution in [3.63, 3.8) is 0 Å². The van der Waals surface area contributed by atoms with Gasteiger partial charge < -0.3 is 5.32 Å². The number of likely N-dealkylation sites (N-methyl/N-ethyl adjacent to an activating group) is 1. The average molecular weight is 233 g/mol. The molecular weight excluding hydrogens is 213 g/mol. The molecule has 3 rings (SSSR count). The van der Waals surface area contributed by atoms with Crippen molar-refractivity contribution in [2.45, 2.75) is 37.5 Å². The Balaban J connectivity index is 1.96. The third kappa shape index (κ3) is 2.11. The normalized spacial score (nSPS) is 27.9. The van der Waals surface area contributed by atoms with E-state index < -0.39 is 0 Å². The van der Waals surface area contributed by atoms with Gasteiger partial charge in [-0.05, 0) is 73.7 Å². The van der Waals surface area contributed by atoms with Crippen LogP contribution in [0, 0.1) is 11.7 Å². The Morgan fingerprint density at radius 2 is 2.00 bits per heavy atom. The highest BCUT2D eigenvalue weighted by atomic mass is 19.1. The van der Waals surface area contributed by atoms with Crippen molar-refractivity contribution >= 4 is 0 Å². The Morgan fingerprint density at radius 3 is 2.71 bits per heavy atom. The lowest BCUT2D eigenvalue weighted by Gasteiger charge is -2.31. The molecule has 1 saturated carbocycles. The van der Waals surface area contributed by atoms with Crippen molar-refractivity contribution in [1.29, 1.82) is 0 Å². The van der Waals surface area contributed by atoms with Gasteiger partial charge in [-0.15, -0.1) is 0 Å². The third-order valence-corrected chi connectivity index (χ3v) is 4.36. The summed E-state index contributed by atoms with van der Waals surface area (Å²) in [5.41, 5.74) is 2.70. The van der Waals surface area contributed by atoms with Crippen LogP contribution in [0.5, 0.6) is 0 Å². The Labute approximate surface area is 102 Å². The molecule has 0 radical (unpaired) electrons. The van der Waals surface area contributed by atoms with Gasteiger partial charge in [0.05, 0.1) is 0 Å². The maximum Gasteiger partial charge on any atom is 0.123 e. The van der Waals surface area contributed by atoms with Gasteiger partial charge in [0, 0.05) is 6.54 Å². The van der Waals surface area contributed by atoms with E-state index in [-0.39, 0.29) is 5.82 Å². The molecule has 0 bridgehead atoms. The summed E-state index contributed by atoms with van der Waals surface area (Å²) in [5.74, 6) is 1.98. The lowest BCUT2D eigenvalue weighted by Crippen LogP contribution is -2.24. The molecule has 0 amide bonds. The third-order valence-electron chi connectivity index (χ3n) is 4.36. The minimum absolute atomic E-state index is 0.0699. The second kappa shape index (κ2) is 4.41. The first-order valence-corrected chi connectivity index (χ1v) is 6.73. The minimum Gasteiger partial charge on any atom is -0.319 e. The zero-order valence-electron chi connectivity index (χ0n) is 10.4. The second-order valence-corrected chi connectivity index (χ2v) is 5.55. The molecule has 1 N–H and O–H groups in total. The number of benzene rings is 1. The van der Waals surface area contributed by atoms with Gasteiger partial charge in [0.2, 0.25) is 0 Å². The zero-order chi connectivity index (χ0) is 11.8. The molecule has 2 unspecified atom stereocenters. The molecule has 1 fully saturated rings. The van der Waals surface area contributed by atoms with Gasteiger partial charge in [0.15, 0.2) is 0 Å². The SMILES string of the molecule is CNCC1CCC(C2CC2)c2cc(F)ccc21. The van der Waals surface area contributed by atoms with Gasteiger partial charge in [-0.2, -0.15) is 0 Å². The van der Waals surface area contributed by atoms with E-state index in [9.17, 15) is 4.39 Å². The molecule has 2 atom stereocenters. The Kier molecular flexibility index (Phi) is 2.91. The fraction of sp³-hybridized carbons (Fsp3) is 0.600. The maximum atomic E-state index is 13.4. The molecule has 0 aliphatic heterocycles. The zero-order valence-corrected chi connectivity index (χ0v) is 10.4. The smallest absolute Gasteiger partial charge is 0.123 e. The predicted octanol–water partition coefficient (Wildman–Crippen LogP) is 3.42. The molecule has 1 aromatic rings. The Hall–Kier alpha value is -0.890. The molecule has 92 valence electrons. The van der Waals surface area contributed by atoms with E-state index in [0.29, 0.717) is 11.8 Å². The minimum atomic E-state index is -0.0699. The van der Waals surface area contributed by atoms with Crippen molar-refractivity contribution < 1.29 is 4.39 Å². The quantitative estimate of drug-likeness (QED) is 0.843. The first kappa shape index (κ1) is 11.2. The topological polar surface area (TPSA) is 12.0 Å². The summed E-state index contributed by atoms with van der Waals surface area (Å²) in [6.07, 6.45) is 5.18. The standard InChI is InChI=1S/C15H20FN/c1-17-9-11-4-6-13(10-2-3-10)15-8-12(16)5-7-14(11)15/h5,7-8,10-11,13,17H,2-4,6,9H2,1H3. The predicted molar refractivity (Wildman–Crippen MR) is 67.8 cm³/mol. The molecule has 0 spiro atoms. The number of fused-ring (bicyclic) bond motifs is 1. The highest BCUT2D eigenvalue weighted by Gasteiger charge is 2.37. The summed E-state index contributed by atoms with van der Waals surface area (Å²) in [6, 6.07) is 5.43. The van der Waals surface area contributed by atoms with Gasteiger partial charge in [-0.1, -0.05) is 6.07 Å². The van der Waals surface area contributed by atoms with Crippen LogP contribution in [0.25, 0.3) is 0 Å². The lowest BCUT2D eigenvalue weighted by molar-refractivity contribution is 0.438. The monoisotopic (exact) mass is 233 g/mol. The fourth-order valence-electron chi connectivity index (χ4n) is 3.38. The summed E-state index contributed by atoms with van der Waals surface area (Å²) < 4.78 is 13.4. The summed E-state index contributed by atoms with van der Waals surface area (Å²) in [7, 11) is 2.00. The van der Waals surface area contributed by atoms with E-state index in [0.717, 1.165) is 12.5 Å². The highest BCUT2D eigenvalue weighted by Crippen LogP contribution is 2.50. The summed E-state index contributed by atoms with van der Waals surface area (Å²) in [5, 5.41) is 3.26. The van der Waals surface area contributed by atoms with Crippen molar-refractivity contribution in [3.8, 4) is 0 Å². The second-order valence-electron chi connectivity index (χ2n) is 5.55. The van der Waals surface area contributed by atoms with Gasteiger partial charge in [-0.25, -0.2) is 4.39 Å². The van der Waals surface area contributed by atoms with Crippen LogP contribution in [-0.2, 0) is 0 Å². The molecule has 1 nitrogen and oxygen atoms in total. The molecule has 0 heterocycles. The number of nitrogens with one attached hydrogen (secondary N) is 1. The van der Waals surface area contributed by atoms with Gasteiger partial charge in [0.1, 0.15) is 5.82 Å². The van der Waals surface area contributed by atoms with Crippen LogP contribution >= 0.6 is 0 Å². The summed E-state index contributed by atoms with van der Waals surface area (Å²) in [6.45, 7) is 1.01. The molecule has 1 aromatic carbocycles. The van der Waals surface area contributed by atoms with Crippen LogP contribution in [-0.4, -0.2) is 13.6 Å². The van der Waals surface area contributed by atoms with Gasteiger partial charge >= 0.3 is 0 Å². The molecule has 2 aliphatic carbocycles. The van der Waals surface area contributed by atoms with E-state index in [4.69, 9.17) is 0 Å². The summed E-state index contributed by atoms with van der Waals surface area (Å²) in [4.78, 5) is 0. The number of halogens is 1. The van der Waals surface area contributed by atoms with E-state index in [1.165, 1.54) is 36.8 Å². The van der Waals surface area contributed by atoms with Crippen LogP contribution in [0.4, 0.5) is 4.39 Å². The van der Waals surface area contributed by atoms with Crippen LogP contribution in [0.2, 0.25) is 0 Å². The first-order valence-electron chi connectivity index (χ1n) is 6.73. The molecule has 0 aromatic heterocycles. The summed E-state index contributed by atoms with van der Waals surface area (Å²) >= 11 is 0. The Morgan fingerprint density at radius 1 is 1.18 bits per heavy atom. The largest absolute Gasteiger partial charge is 0.319 e. The Bertz CT molecular complexity index is 411. The van der Waals surface area contributed by atoms with Crippen LogP contribution in [0.3, 0.4) is 0 Å². The molecule has 0 saturated heterocycles. The van der Waals surface area contributed by atoms with Crippen molar-refractivity contribution in [3.05, 3.63) is 35.1 Å².